The van der Waals surface area contributed by atoms with Crippen molar-refractivity contribution in [3.8, 4) is 0 Å². The molecule has 4 nitrogen and oxygen atoms in total. The van der Waals surface area contributed by atoms with Crippen LogP contribution >= 0.6 is 0 Å². The number of hydrogen-bond donors (Lipinski definition) is 2. The second-order valence-corrected chi connectivity index (χ2v) is 4.53. The lowest BCUT2D eigenvalue weighted by Crippen LogP contribution is -2.41. The zero-order chi connectivity index (χ0) is 12.1. The van der Waals surface area contributed by atoms with Crippen LogP contribution in [0.25, 0.3) is 0 Å². The first-order valence-corrected chi connectivity index (χ1v) is 6.19. The summed E-state index contributed by atoms with van der Waals surface area (Å²) >= 11 is 0. The van der Waals surface area contributed by atoms with E-state index in [0.29, 0.717) is 0 Å². The van der Waals surface area contributed by atoms with Gasteiger partial charge in [-0.25, -0.2) is 0 Å². The van der Waals surface area contributed by atoms with E-state index in [1.54, 1.807) is 6.20 Å². The minimum absolute atomic E-state index is 0.0226. The van der Waals surface area contributed by atoms with Crippen molar-refractivity contribution in [1.82, 2.24) is 15.6 Å². The molecule has 0 radical (unpaired) electrons. The van der Waals surface area contributed by atoms with E-state index in [0.717, 1.165) is 31.6 Å². The van der Waals surface area contributed by atoms with E-state index < -0.39 is 0 Å². The molecule has 1 aliphatic rings. The lowest BCUT2D eigenvalue weighted by Gasteiger charge is -2.23. The lowest BCUT2D eigenvalue weighted by atomic mass is 9.98. The maximum Gasteiger partial charge on any atom is 0.224 e. The summed E-state index contributed by atoms with van der Waals surface area (Å²) in [7, 11) is 0. The molecular weight excluding hydrogens is 214 g/mol. The number of carbonyl (C=O) groups excluding carboxylic acids is 1. The van der Waals surface area contributed by atoms with Gasteiger partial charge in [0.2, 0.25) is 5.91 Å². The average Bonchev–Trinajstić information content (AvgIpc) is 2.40. The number of hydrogen-bond acceptors (Lipinski definition) is 3. The van der Waals surface area contributed by atoms with Crippen molar-refractivity contribution in [3.63, 3.8) is 0 Å². The summed E-state index contributed by atoms with van der Waals surface area (Å²) in [6.45, 7) is 3.79. The highest BCUT2D eigenvalue weighted by atomic mass is 16.2. The zero-order valence-electron chi connectivity index (χ0n) is 10.1. The molecule has 1 amide bonds. The van der Waals surface area contributed by atoms with Crippen LogP contribution < -0.4 is 10.6 Å². The average molecular weight is 233 g/mol. The molecule has 1 saturated heterocycles. The van der Waals surface area contributed by atoms with Crippen LogP contribution in [0.15, 0.2) is 24.4 Å². The molecule has 2 N–H and O–H groups in total. The van der Waals surface area contributed by atoms with Gasteiger partial charge < -0.3 is 10.6 Å². The second kappa shape index (κ2) is 5.77. The summed E-state index contributed by atoms with van der Waals surface area (Å²) in [6, 6.07) is 5.73. The maximum absolute atomic E-state index is 12.0. The largest absolute Gasteiger partial charge is 0.348 e. The van der Waals surface area contributed by atoms with Gasteiger partial charge in [-0.3, -0.25) is 9.78 Å². The predicted octanol–water partition coefficient (Wildman–Crippen LogP) is 1.26. The van der Waals surface area contributed by atoms with Gasteiger partial charge >= 0.3 is 0 Å². The molecule has 1 aromatic rings. The van der Waals surface area contributed by atoms with Crippen LogP contribution in [0.3, 0.4) is 0 Å². The van der Waals surface area contributed by atoms with E-state index in [1.165, 1.54) is 0 Å². The van der Waals surface area contributed by atoms with Crippen molar-refractivity contribution in [2.75, 3.05) is 13.1 Å². The van der Waals surface area contributed by atoms with Crippen molar-refractivity contribution in [2.24, 2.45) is 5.92 Å². The van der Waals surface area contributed by atoms with Gasteiger partial charge in [-0.2, -0.15) is 0 Å². The van der Waals surface area contributed by atoms with Gasteiger partial charge in [0.15, 0.2) is 0 Å². The summed E-state index contributed by atoms with van der Waals surface area (Å²) < 4.78 is 0. The van der Waals surface area contributed by atoms with Crippen LogP contribution in [0.4, 0.5) is 0 Å². The van der Waals surface area contributed by atoms with E-state index >= 15 is 0 Å². The fraction of sp³-hybridized carbons (Fsp3) is 0.538. The van der Waals surface area contributed by atoms with Crippen LogP contribution in [-0.4, -0.2) is 24.0 Å². The molecule has 0 aromatic carbocycles. The Morgan fingerprint density at radius 1 is 1.59 bits per heavy atom. The number of amides is 1. The molecule has 2 rings (SSSR count). The van der Waals surface area contributed by atoms with Gasteiger partial charge in [0.05, 0.1) is 17.7 Å². The minimum Gasteiger partial charge on any atom is -0.348 e. The van der Waals surface area contributed by atoms with Crippen molar-refractivity contribution in [3.05, 3.63) is 30.1 Å². The minimum atomic E-state index is -0.0226. The molecule has 17 heavy (non-hydrogen) atoms. The van der Waals surface area contributed by atoms with Crippen LogP contribution in [0.1, 0.15) is 31.5 Å². The monoisotopic (exact) mass is 233 g/mol. The Morgan fingerprint density at radius 2 is 2.47 bits per heavy atom. The number of aromatic nitrogens is 1. The predicted molar refractivity (Wildman–Crippen MR) is 66.4 cm³/mol. The van der Waals surface area contributed by atoms with E-state index in [-0.39, 0.29) is 17.9 Å². The van der Waals surface area contributed by atoms with E-state index in [4.69, 9.17) is 0 Å². The Labute approximate surface area is 102 Å². The summed E-state index contributed by atoms with van der Waals surface area (Å²) in [6.07, 6.45) is 3.81. The van der Waals surface area contributed by atoms with Crippen LogP contribution in [0.2, 0.25) is 0 Å². The van der Waals surface area contributed by atoms with Gasteiger partial charge in [0.1, 0.15) is 0 Å². The molecule has 1 fully saturated rings. The molecule has 1 aromatic heterocycles. The molecule has 1 aliphatic heterocycles. The van der Waals surface area contributed by atoms with Crippen LogP contribution in [0.5, 0.6) is 0 Å². The topological polar surface area (TPSA) is 54.0 Å². The maximum atomic E-state index is 12.0. The number of pyridine rings is 1. The van der Waals surface area contributed by atoms with Crippen LogP contribution in [0, 0.1) is 5.92 Å². The van der Waals surface area contributed by atoms with Gasteiger partial charge in [0, 0.05) is 12.7 Å². The summed E-state index contributed by atoms with van der Waals surface area (Å²) in [5, 5.41) is 6.28. The SMILES string of the molecule is C[C@H](NC(=O)C1CCCNC1)c1ccccn1. The summed E-state index contributed by atoms with van der Waals surface area (Å²) in [4.78, 5) is 16.2. The lowest BCUT2D eigenvalue weighted by molar-refractivity contribution is -0.126. The first-order chi connectivity index (χ1) is 8.27. The third-order valence-electron chi connectivity index (χ3n) is 3.16. The van der Waals surface area contributed by atoms with E-state index in [1.807, 2.05) is 25.1 Å². The number of rotatable bonds is 3. The molecule has 4 heteroatoms. The highest BCUT2D eigenvalue weighted by Gasteiger charge is 2.22. The second-order valence-electron chi connectivity index (χ2n) is 4.53. The van der Waals surface area contributed by atoms with Crippen molar-refractivity contribution in [1.29, 1.82) is 0 Å². The van der Waals surface area contributed by atoms with Gasteiger partial charge in [-0.1, -0.05) is 6.07 Å². The highest BCUT2D eigenvalue weighted by molar-refractivity contribution is 5.79. The molecule has 92 valence electrons. The van der Waals surface area contributed by atoms with E-state index in [9.17, 15) is 4.79 Å². The van der Waals surface area contributed by atoms with Crippen molar-refractivity contribution in [2.45, 2.75) is 25.8 Å². The number of nitrogens with one attached hydrogen (secondary N) is 2. The standard InChI is InChI=1S/C13H19N3O/c1-10(12-6-2-3-8-15-12)16-13(17)11-5-4-7-14-9-11/h2-3,6,8,10-11,14H,4-5,7,9H2,1H3,(H,16,17)/t10-,11?/m0/s1. The fourth-order valence-electron chi connectivity index (χ4n) is 2.11. The van der Waals surface area contributed by atoms with Crippen molar-refractivity contribution >= 4 is 5.91 Å². The molecule has 2 heterocycles. The van der Waals surface area contributed by atoms with Gasteiger partial charge in [-0.05, 0) is 38.4 Å². The Kier molecular flexibility index (Phi) is 4.09. The summed E-state index contributed by atoms with van der Waals surface area (Å²) in [5.41, 5.74) is 0.907. The van der Waals surface area contributed by atoms with Crippen molar-refractivity contribution < 1.29 is 4.79 Å². The Hall–Kier alpha value is -1.42. The summed E-state index contributed by atoms with van der Waals surface area (Å²) in [5.74, 6) is 0.241. The quantitative estimate of drug-likeness (QED) is 0.826. The van der Waals surface area contributed by atoms with Gasteiger partial charge in [-0.15, -0.1) is 0 Å². The third-order valence-corrected chi connectivity index (χ3v) is 3.16. The highest BCUT2D eigenvalue weighted by Crippen LogP contribution is 2.13. The molecule has 0 aliphatic carbocycles. The Balaban J connectivity index is 1.89. The molecule has 0 spiro atoms. The normalized spacial score (nSPS) is 21.8. The number of carbonyl (C=O) groups is 1. The molecular formula is C13H19N3O. The molecule has 2 atom stereocenters. The first-order valence-electron chi connectivity index (χ1n) is 6.19. The smallest absolute Gasteiger partial charge is 0.224 e. The third kappa shape index (κ3) is 3.27. The molecule has 1 unspecified atom stereocenters. The van der Waals surface area contributed by atoms with Crippen LogP contribution in [-0.2, 0) is 4.79 Å². The Bertz CT molecular complexity index is 360. The Morgan fingerprint density at radius 3 is 3.12 bits per heavy atom. The number of piperidine rings is 1. The van der Waals surface area contributed by atoms with Gasteiger partial charge in [0.25, 0.3) is 0 Å². The number of nitrogens with zero attached hydrogens (tertiary/aromatic N) is 1. The zero-order valence-corrected chi connectivity index (χ0v) is 10.1. The fourth-order valence-corrected chi connectivity index (χ4v) is 2.11. The first kappa shape index (κ1) is 12.0. The molecule has 0 bridgehead atoms. The van der Waals surface area contributed by atoms with E-state index in [2.05, 4.69) is 15.6 Å². The molecule has 0 saturated carbocycles.